The molecule has 1 N–H and O–H groups in total. The van der Waals surface area contributed by atoms with Gasteiger partial charge in [0, 0.05) is 5.56 Å². The molecule has 86 valence electrons. The van der Waals surface area contributed by atoms with E-state index < -0.39 is 5.97 Å². The lowest BCUT2D eigenvalue weighted by Gasteiger charge is -1.96. The fourth-order valence-electron chi connectivity index (χ4n) is 1.35. The second kappa shape index (κ2) is 4.61. The third kappa shape index (κ3) is 2.39. The Kier molecular flexibility index (Phi) is 3.00. The van der Waals surface area contributed by atoms with Crippen LogP contribution in [0.4, 0.5) is 0 Å². The number of aromatic carboxylic acids is 1. The summed E-state index contributed by atoms with van der Waals surface area (Å²) in [5, 5.41) is 12.6. The summed E-state index contributed by atoms with van der Waals surface area (Å²) < 4.78 is 4.96. The van der Waals surface area contributed by atoms with Crippen molar-refractivity contribution in [1.29, 1.82) is 0 Å². The summed E-state index contributed by atoms with van der Waals surface area (Å²) in [6.07, 6.45) is 3.46. The van der Waals surface area contributed by atoms with Crippen molar-refractivity contribution in [2.75, 3.05) is 0 Å². The average Bonchev–Trinajstić information content (AvgIpc) is 2.78. The van der Waals surface area contributed by atoms with E-state index >= 15 is 0 Å². The smallest absolute Gasteiger partial charge is 0.335 e. The highest BCUT2D eigenvalue weighted by Gasteiger charge is 2.09. The van der Waals surface area contributed by atoms with E-state index in [1.807, 2.05) is 6.92 Å². The van der Waals surface area contributed by atoms with Gasteiger partial charge in [-0.3, -0.25) is 0 Å². The van der Waals surface area contributed by atoms with Gasteiger partial charge in [-0.25, -0.2) is 4.79 Å². The van der Waals surface area contributed by atoms with Crippen LogP contribution in [-0.4, -0.2) is 21.2 Å². The number of carbonyl (C=O) groups is 1. The van der Waals surface area contributed by atoms with E-state index in [0.29, 0.717) is 17.3 Å². The van der Waals surface area contributed by atoms with Crippen LogP contribution in [0.1, 0.15) is 23.2 Å². The lowest BCUT2D eigenvalue weighted by atomic mass is 10.1. The number of carboxylic acids is 1. The fourth-order valence-corrected chi connectivity index (χ4v) is 1.35. The number of hydrogen-bond donors (Lipinski definition) is 1. The molecule has 17 heavy (non-hydrogen) atoms. The molecule has 5 heteroatoms. The third-order valence-electron chi connectivity index (χ3n) is 2.12. The molecule has 2 rings (SSSR count). The first-order chi connectivity index (χ1) is 8.20. The molecule has 0 unspecified atom stereocenters. The molecule has 0 aliphatic rings. The molecule has 1 heterocycles. The lowest BCUT2D eigenvalue weighted by molar-refractivity contribution is 0.0697. The van der Waals surface area contributed by atoms with Gasteiger partial charge in [0.25, 0.3) is 5.89 Å². The van der Waals surface area contributed by atoms with Crippen molar-refractivity contribution in [2.45, 2.75) is 6.92 Å². The van der Waals surface area contributed by atoms with Gasteiger partial charge in [0.15, 0.2) is 0 Å². The maximum Gasteiger partial charge on any atom is 0.335 e. The largest absolute Gasteiger partial charge is 0.478 e. The standard InChI is InChI=1S/C12H10N2O3/c1-2-4-10-13-11(14-17-10)8-5-3-6-9(7-8)12(15)16/h2-7H,1H3,(H,15,16)/b4-2-. The monoisotopic (exact) mass is 230 g/mol. The molecule has 0 bridgehead atoms. The second-order valence-electron chi connectivity index (χ2n) is 3.34. The Balaban J connectivity index is 2.38. The number of carboxylic acid groups (broad SMARTS) is 1. The highest BCUT2D eigenvalue weighted by molar-refractivity contribution is 5.89. The number of aromatic nitrogens is 2. The van der Waals surface area contributed by atoms with E-state index in [1.165, 1.54) is 12.1 Å². The van der Waals surface area contributed by atoms with Gasteiger partial charge in [-0.05, 0) is 25.1 Å². The summed E-state index contributed by atoms with van der Waals surface area (Å²) >= 11 is 0. The average molecular weight is 230 g/mol. The zero-order chi connectivity index (χ0) is 12.3. The summed E-state index contributed by atoms with van der Waals surface area (Å²) in [4.78, 5) is 14.9. The SMILES string of the molecule is C/C=C\c1nc(-c2cccc(C(=O)O)c2)no1. The van der Waals surface area contributed by atoms with Crippen LogP contribution in [0.2, 0.25) is 0 Å². The van der Waals surface area contributed by atoms with Crippen LogP contribution in [0.25, 0.3) is 17.5 Å². The van der Waals surface area contributed by atoms with Gasteiger partial charge in [0.05, 0.1) is 5.56 Å². The van der Waals surface area contributed by atoms with Crippen LogP contribution in [0.5, 0.6) is 0 Å². The Labute approximate surface area is 97.4 Å². The first kappa shape index (κ1) is 11.1. The maximum atomic E-state index is 10.8. The number of rotatable bonds is 3. The number of benzene rings is 1. The number of hydrogen-bond acceptors (Lipinski definition) is 4. The molecule has 1 aromatic heterocycles. The predicted octanol–water partition coefficient (Wildman–Crippen LogP) is 2.47. The third-order valence-corrected chi connectivity index (χ3v) is 2.12. The lowest BCUT2D eigenvalue weighted by Crippen LogP contribution is -1.96. The second-order valence-corrected chi connectivity index (χ2v) is 3.34. The molecule has 0 fully saturated rings. The number of allylic oxidation sites excluding steroid dienone is 1. The quantitative estimate of drug-likeness (QED) is 0.876. The summed E-state index contributed by atoms with van der Waals surface area (Å²) in [6.45, 7) is 1.84. The fraction of sp³-hybridized carbons (Fsp3) is 0.0833. The van der Waals surface area contributed by atoms with Gasteiger partial charge < -0.3 is 9.63 Å². The van der Waals surface area contributed by atoms with Crippen molar-refractivity contribution in [3.63, 3.8) is 0 Å². The molecule has 0 amide bonds. The Hall–Kier alpha value is -2.43. The minimum absolute atomic E-state index is 0.194. The van der Waals surface area contributed by atoms with Crippen molar-refractivity contribution in [2.24, 2.45) is 0 Å². The van der Waals surface area contributed by atoms with Gasteiger partial charge in [-0.2, -0.15) is 4.98 Å². The Morgan fingerprint density at radius 1 is 1.47 bits per heavy atom. The Bertz CT molecular complexity index is 573. The topological polar surface area (TPSA) is 76.2 Å². The zero-order valence-electron chi connectivity index (χ0n) is 9.12. The van der Waals surface area contributed by atoms with Crippen LogP contribution in [0.15, 0.2) is 34.9 Å². The maximum absolute atomic E-state index is 10.8. The van der Waals surface area contributed by atoms with Gasteiger partial charge in [-0.15, -0.1) is 0 Å². The van der Waals surface area contributed by atoms with Crippen molar-refractivity contribution < 1.29 is 14.4 Å². The van der Waals surface area contributed by atoms with E-state index in [1.54, 1.807) is 24.3 Å². The molecular weight excluding hydrogens is 220 g/mol. The molecular formula is C12H10N2O3. The minimum Gasteiger partial charge on any atom is -0.478 e. The first-order valence-corrected chi connectivity index (χ1v) is 5.01. The molecule has 0 spiro atoms. The van der Waals surface area contributed by atoms with Crippen LogP contribution < -0.4 is 0 Å². The van der Waals surface area contributed by atoms with Crippen molar-refractivity contribution >= 4 is 12.0 Å². The molecule has 5 nitrogen and oxygen atoms in total. The minimum atomic E-state index is -0.982. The summed E-state index contributed by atoms with van der Waals surface area (Å²) in [5.74, 6) is -0.214. The highest BCUT2D eigenvalue weighted by atomic mass is 16.5. The van der Waals surface area contributed by atoms with E-state index in [4.69, 9.17) is 9.63 Å². The molecule has 0 aliphatic carbocycles. The van der Waals surface area contributed by atoms with E-state index in [2.05, 4.69) is 10.1 Å². The molecule has 1 aromatic carbocycles. The normalized spacial score (nSPS) is 10.9. The zero-order valence-corrected chi connectivity index (χ0v) is 9.12. The van der Waals surface area contributed by atoms with Crippen molar-refractivity contribution in [3.05, 3.63) is 41.8 Å². The van der Waals surface area contributed by atoms with E-state index in [9.17, 15) is 4.79 Å². The summed E-state index contributed by atoms with van der Waals surface area (Å²) in [5.41, 5.74) is 0.810. The molecule has 0 aliphatic heterocycles. The van der Waals surface area contributed by atoms with Gasteiger partial charge in [-0.1, -0.05) is 23.4 Å². The van der Waals surface area contributed by atoms with Gasteiger partial charge in [0.2, 0.25) is 5.82 Å². The first-order valence-electron chi connectivity index (χ1n) is 5.01. The van der Waals surface area contributed by atoms with E-state index in [0.717, 1.165) is 0 Å². The number of nitrogens with zero attached hydrogens (tertiary/aromatic N) is 2. The van der Waals surface area contributed by atoms with Crippen LogP contribution in [0, 0.1) is 0 Å². The molecule has 0 atom stereocenters. The van der Waals surface area contributed by atoms with Crippen molar-refractivity contribution in [1.82, 2.24) is 10.1 Å². The summed E-state index contributed by atoms with van der Waals surface area (Å²) in [6, 6.07) is 6.40. The van der Waals surface area contributed by atoms with Crippen LogP contribution in [-0.2, 0) is 0 Å². The molecule has 2 aromatic rings. The highest BCUT2D eigenvalue weighted by Crippen LogP contribution is 2.17. The predicted molar refractivity (Wildman–Crippen MR) is 61.4 cm³/mol. The molecule has 0 radical (unpaired) electrons. The van der Waals surface area contributed by atoms with Crippen LogP contribution in [0.3, 0.4) is 0 Å². The van der Waals surface area contributed by atoms with E-state index in [-0.39, 0.29) is 5.56 Å². The Morgan fingerprint density at radius 3 is 3.00 bits per heavy atom. The molecule has 0 saturated carbocycles. The molecule has 0 saturated heterocycles. The summed E-state index contributed by atoms with van der Waals surface area (Å²) in [7, 11) is 0. The van der Waals surface area contributed by atoms with Gasteiger partial charge in [0.1, 0.15) is 0 Å². The Morgan fingerprint density at radius 2 is 2.29 bits per heavy atom. The van der Waals surface area contributed by atoms with Crippen molar-refractivity contribution in [3.8, 4) is 11.4 Å². The van der Waals surface area contributed by atoms with Gasteiger partial charge >= 0.3 is 5.97 Å². The van der Waals surface area contributed by atoms with Crippen LogP contribution >= 0.6 is 0 Å².